The number of carbonyl (C=O) groups excluding carboxylic acids is 1. The summed E-state index contributed by atoms with van der Waals surface area (Å²) < 4.78 is 17.8. The second-order valence-corrected chi connectivity index (χ2v) is 5.10. The number of hydrogen-bond donors (Lipinski definition) is 0. The molecule has 7 heteroatoms. The molecule has 0 spiro atoms. The Morgan fingerprint density at radius 1 is 1.45 bits per heavy atom. The molecule has 110 valence electrons. The molecule has 0 aliphatic heterocycles. The second-order valence-electron chi connectivity index (χ2n) is 5.10. The van der Waals surface area contributed by atoms with Crippen LogP contribution in [0.3, 0.4) is 0 Å². The Labute approximate surface area is 116 Å². The van der Waals surface area contributed by atoms with Gasteiger partial charge in [0, 0.05) is 12.1 Å². The molecule has 1 rings (SSSR count). The van der Waals surface area contributed by atoms with Gasteiger partial charge in [-0.1, -0.05) is 6.07 Å². The predicted octanol–water partition coefficient (Wildman–Crippen LogP) is 3.31. The number of carbonyl (C=O) groups is 1. The van der Waals surface area contributed by atoms with Gasteiger partial charge in [0.05, 0.1) is 17.2 Å². The summed E-state index contributed by atoms with van der Waals surface area (Å²) in [5.74, 6) is 0. The smallest absolute Gasteiger partial charge is 0.414 e. The van der Waals surface area contributed by atoms with E-state index in [2.05, 4.69) is 0 Å². The summed E-state index contributed by atoms with van der Waals surface area (Å²) in [6.07, 6.45) is -0.740. The van der Waals surface area contributed by atoms with E-state index in [1.165, 1.54) is 24.3 Å². The Morgan fingerprint density at radius 3 is 2.60 bits per heavy atom. The van der Waals surface area contributed by atoms with Crippen molar-refractivity contribution in [1.82, 2.24) is 0 Å². The van der Waals surface area contributed by atoms with E-state index in [0.29, 0.717) is 0 Å². The van der Waals surface area contributed by atoms with Gasteiger partial charge in [-0.15, -0.1) is 0 Å². The molecular formula is C13H17FN2O4. The number of anilines is 1. The molecule has 0 heterocycles. The van der Waals surface area contributed by atoms with Crippen LogP contribution < -0.4 is 4.90 Å². The Balaban J connectivity index is 3.04. The van der Waals surface area contributed by atoms with Crippen molar-refractivity contribution >= 4 is 17.5 Å². The van der Waals surface area contributed by atoms with Gasteiger partial charge in [0.2, 0.25) is 0 Å². The summed E-state index contributed by atoms with van der Waals surface area (Å²) in [5.41, 5.74) is -0.673. The van der Waals surface area contributed by atoms with Gasteiger partial charge in [-0.25, -0.2) is 9.18 Å². The highest BCUT2D eigenvalue weighted by molar-refractivity contribution is 5.88. The Bertz CT molecular complexity index is 499. The number of nitrogens with zero attached hydrogens (tertiary/aromatic N) is 2. The number of alkyl halides is 1. The van der Waals surface area contributed by atoms with E-state index >= 15 is 0 Å². The lowest BCUT2D eigenvalue weighted by atomic mass is 10.2. The standard InChI is InChI=1S/C13H17FN2O4/c1-13(2,3)20-12(17)15(8-7-14)10-5-4-6-11(9-10)16(18)19/h4-6,9H,7-8H2,1-3H3. The van der Waals surface area contributed by atoms with E-state index in [9.17, 15) is 19.3 Å². The Hall–Kier alpha value is -2.18. The van der Waals surface area contributed by atoms with Crippen molar-refractivity contribution in [2.45, 2.75) is 26.4 Å². The van der Waals surface area contributed by atoms with E-state index in [0.717, 1.165) is 4.90 Å². The number of nitro benzene ring substituents is 1. The minimum Gasteiger partial charge on any atom is -0.443 e. The van der Waals surface area contributed by atoms with Crippen molar-refractivity contribution in [2.24, 2.45) is 0 Å². The highest BCUT2D eigenvalue weighted by Gasteiger charge is 2.24. The minimum absolute atomic E-state index is 0.171. The van der Waals surface area contributed by atoms with Gasteiger partial charge in [0.1, 0.15) is 12.3 Å². The minimum atomic E-state index is -0.776. The molecule has 0 N–H and O–H groups in total. The summed E-state index contributed by atoms with van der Waals surface area (Å²) >= 11 is 0. The molecule has 20 heavy (non-hydrogen) atoms. The first kappa shape index (κ1) is 15.9. The van der Waals surface area contributed by atoms with Gasteiger partial charge in [0.25, 0.3) is 5.69 Å². The molecule has 0 radical (unpaired) electrons. The molecule has 0 saturated heterocycles. The molecule has 6 nitrogen and oxygen atoms in total. The van der Waals surface area contributed by atoms with Crippen LogP contribution in [0.1, 0.15) is 20.8 Å². The van der Waals surface area contributed by atoms with Crippen LogP contribution in [0.15, 0.2) is 24.3 Å². The van der Waals surface area contributed by atoms with Gasteiger partial charge in [-0.05, 0) is 26.8 Å². The zero-order chi connectivity index (χ0) is 15.3. The molecule has 1 aromatic rings. The molecular weight excluding hydrogens is 267 g/mol. The zero-order valence-corrected chi connectivity index (χ0v) is 11.6. The molecule has 0 bridgehead atoms. The van der Waals surface area contributed by atoms with Gasteiger partial charge in [-0.2, -0.15) is 0 Å². The van der Waals surface area contributed by atoms with Crippen LogP contribution in [-0.4, -0.2) is 29.8 Å². The van der Waals surface area contributed by atoms with Crippen LogP contribution in [0.5, 0.6) is 0 Å². The van der Waals surface area contributed by atoms with Crippen molar-refractivity contribution in [3.63, 3.8) is 0 Å². The van der Waals surface area contributed by atoms with Crippen molar-refractivity contribution in [3.8, 4) is 0 Å². The fraction of sp³-hybridized carbons (Fsp3) is 0.462. The van der Waals surface area contributed by atoms with Crippen LogP contribution >= 0.6 is 0 Å². The predicted molar refractivity (Wildman–Crippen MR) is 72.7 cm³/mol. The fourth-order valence-corrected chi connectivity index (χ4v) is 1.50. The fourth-order valence-electron chi connectivity index (χ4n) is 1.50. The summed E-state index contributed by atoms with van der Waals surface area (Å²) in [7, 11) is 0. The van der Waals surface area contributed by atoms with Crippen LogP contribution in [0.25, 0.3) is 0 Å². The topological polar surface area (TPSA) is 72.7 Å². The maximum absolute atomic E-state index is 12.6. The molecule has 0 atom stereocenters. The number of halogens is 1. The largest absolute Gasteiger partial charge is 0.443 e. The molecule has 0 unspecified atom stereocenters. The Kier molecular flexibility index (Phi) is 5.01. The molecule has 0 fully saturated rings. The summed E-state index contributed by atoms with van der Waals surface area (Å²) in [4.78, 5) is 23.2. The molecule has 0 aliphatic rings. The normalized spacial score (nSPS) is 11.0. The second kappa shape index (κ2) is 6.31. The van der Waals surface area contributed by atoms with E-state index in [1.54, 1.807) is 20.8 Å². The highest BCUT2D eigenvalue weighted by Crippen LogP contribution is 2.23. The van der Waals surface area contributed by atoms with Crippen molar-refractivity contribution in [2.75, 3.05) is 18.1 Å². The third-order valence-electron chi connectivity index (χ3n) is 2.27. The third-order valence-corrected chi connectivity index (χ3v) is 2.27. The van der Waals surface area contributed by atoms with Gasteiger partial charge in [0.15, 0.2) is 0 Å². The number of non-ortho nitro benzene ring substituents is 1. The van der Waals surface area contributed by atoms with Crippen molar-refractivity contribution in [3.05, 3.63) is 34.4 Å². The summed E-state index contributed by atoms with van der Waals surface area (Å²) in [6.45, 7) is 4.06. The van der Waals surface area contributed by atoms with Crippen LogP contribution in [0.4, 0.5) is 20.6 Å². The third kappa shape index (κ3) is 4.49. The van der Waals surface area contributed by atoms with Gasteiger partial charge >= 0.3 is 6.09 Å². The summed E-state index contributed by atoms with van der Waals surface area (Å²) in [6, 6.07) is 5.43. The number of hydrogen-bond acceptors (Lipinski definition) is 4. The van der Waals surface area contributed by atoms with E-state index < -0.39 is 23.3 Å². The number of nitro groups is 1. The van der Waals surface area contributed by atoms with Gasteiger partial charge < -0.3 is 4.74 Å². The number of amides is 1. The molecule has 1 aromatic carbocycles. The first-order valence-electron chi connectivity index (χ1n) is 6.05. The average molecular weight is 284 g/mol. The van der Waals surface area contributed by atoms with Crippen molar-refractivity contribution < 1.29 is 18.8 Å². The van der Waals surface area contributed by atoms with Gasteiger partial charge in [-0.3, -0.25) is 15.0 Å². The molecule has 1 amide bonds. The number of benzene rings is 1. The highest BCUT2D eigenvalue weighted by atomic mass is 19.1. The lowest BCUT2D eigenvalue weighted by molar-refractivity contribution is -0.384. The number of ether oxygens (including phenoxy) is 1. The Morgan fingerprint density at radius 2 is 2.10 bits per heavy atom. The average Bonchev–Trinajstić information content (AvgIpc) is 2.33. The molecule has 0 aliphatic carbocycles. The number of rotatable bonds is 4. The first-order chi connectivity index (χ1) is 9.24. The van der Waals surface area contributed by atoms with Crippen LogP contribution in [-0.2, 0) is 4.74 Å². The molecule has 0 aromatic heterocycles. The van der Waals surface area contributed by atoms with Crippen LogP contribution in [0.2, 0.25) is 0 Å². The SMILES string of the molecule is CC(C)(C)OC(=O)N(CCF)c1cccc([N+](=O)[O-])c1. The zero-order valence-electron chi connectivity index (χ0n) is 11.6. The quantitative estimate of drug-likeness (QED) is 0.628. The first-order valence-corrected chi connectivity index (χ1v) is 6.05. The van der Waals surface area contributed by atoms with E-state index in [1.807, 2.05) is 0 Å². The van der Waals surface area contributed by atoms with Crippen molar-refractivity contribution in [1.29, 1.82) is 0 Å². The molecule has 0 saturated carbocycles. The van der Waals surface area contributed by atoms with E-state index in [4.69, 9.17) is 4.74 Å². The monoisotopic (exact) mass is 284 g/mol. The maximum atomic E-state index is 12.6. The lowest BCUT2D eigenvalue weighted by Gasteiger charge is -2.26. The van der Waals surface area contributed by atoms with Crippen LogP contribution in [0, 0.1) is 10.1 Å². The van der Waals surface area contributed by atoms with E-state index in [-0.39, 0.29) is 17.9 Å². The summed E-state index contributed by atoms with van der Waals surface area (Å²) in [5, 5.41) is 10.7. The maximum Gasteiger partial charge on any atom is 0.414 e. The lowest BCUT2D eigenvalue weighted by Crippen LogP contribution is -2.38.